The van der Waals surface area contributed by atoms with Crippen molar-refractivity contribution < 1.29 is 35.7 Å². The molecule has 0 rings (SSSR count). The van der Waals surface area contributed by atoms with Crippen molar-refractivity contribution in [1.82, 2.24) is 6.15 Å². The summed E-state index contributed by atoms with van der Waals surface area (Å²) in [5.41, 5.74) is 0. The van der Waals surface area contributed by atoms with Crippen molar-refractivity contribution in [3.8, 4) is 0 Å². The fourth-order valence-corrected chi connectivity index (χ4v) is 0. The minimum Gasteiger partial charge on any atom is -0.412 e. The van der Waals surface area contributed by atoms with Crippen molar-refractivity contribution in [3.05, 3.63) is 0 Å². The number of hydrogen-bond donors (Lipinski definition) is 4. The standard InChI is InChI=1S/H3N.H3O4P.3H2O/c;1-5(2,3)4;;;/h1H3;(H3,1,2,3,4);3*1H2. The molecule has 0 radical (unpaired) electrons. The molecule has 0 aromatic carbocycles. The Hall–Kier alpha value is -0.0500. The van der Waals surface area contributed by atoms with Gasteiger partial charge in [-0.2, -0.15) is 0 Å². The average Bonchev–Trinajstić information content (AvgIpc) is 0.722. The highest BCUT2D eigenvalue weighted by molar-refractivity contribution is 7.45. The summed E-state index contributed by atoms with van der Waals surface area (Å²) in [4.78, 5) is 21.6. The molecule has 0 amide bonds. The first kappa shape index (κ1) is 36.3. The third-order valence-electron chi connectivity index (χ3n) is 0. The monoisotopic (exact) mass is 169 g/mol. The lowest BCUT2D eigenvalue weighted by molar-refractivity contribution is 0.275. The quantitative estimate of drug-likeness (QED) is 0.274. The first-order chi connectivity index (χ1) is 2.00. The van der Waals surface area contributed by atoms with Crippen LogP contribution in [0.15, 0.2) is 0 Å². The van der Waals surface area contributed by atoms with Crippen LogP contribution in [0.2, 0.25) is 0 Å². The summed E-state index contributed by atoms with van der Waals surface area (Å²) in [6.45, 7) is 0. The van der Waals surface area contributed by atoms with Gasteiger partial charge in [0.1, 0.15) is 0 Å². The second kappa shape index (κ2) is 10.8. The number of hydrogen-bond acceptors (Lipinski definition) is 2. The van der Waals surface area contributed by atoms with E-state index in [-0.39, 0.29) is 22.6 Å². The molecule has 0 heterocycles. The van der Waals surface area contributed by atoms with E-state index in [0.717, 1.165) is 0 Å². The largest absolute Gasteiger partial charge is 0.466 e. The van der Waals surface area contributed by atoms with Crippen LogP contribution >= 0.6 is 7.82 Å². The molecule has 0 aromatic rings. The Morgan fingerprint density at radius 1 is 0.889 bits per heavy atom. The summed E-state index contributed by atoms with van der Waals surface area (Å²) >= 11 is 0. The Morgan fingerprint density at radius 2 is 0.889 bits per heavy atom. The van der Waals surface area contributed by atoms with E-state index in [9.17, 15) is 0 Å². The smallest absolute Gasteiger partial charge is 0.412 e. The van der Waals surface area contributed by atoms with E-state index in [1.807, 2.05) is 0 Å². The summed E-state index contributed by atoms with van der Waals surface area (Å²) < 4.78 is 8.88. The van der Waals surface area contributed by atoms with E-state index < -0.39 is 7.82 Å². The SMILES string of the molecule is N.O.O.O.O=P(O)(O)O. The van der Waals surface area contributed by atoms with Gasteiger partial charge in [0, 0.05) is 0 Å². The van der Waals surface area contributed by atoms with Crippen LogP contribution in [0, 0.1) is 0 Å². The van der Waals surface area contributed by atoms with Gasteiger partial charge in [-0.25, -0.2) is 4.57 Å². The van der Waals surface area contributed by atoms with Crippen molar-refractivity contribution in [3.63, 3.8) is 0 Å². The van der Waals surface area contributed by atoms with Crippen molar-refractivity contribution in [2.24, 2.45) is 0 Å². The molecule has 0 aliphatic rings. The van der Waals surface area contributed by atoms with Gasteiger partial charge in [0.2, 0.25) is 0 Å². The molecular weight excluding hydrogens is 157 g/mol. The van der Waals surface area contributed by atoms with Crippen molar-refractivity contribution in [2.75, 3.05) is 0 Å². The molecule has 8 nitrogen and oxygen atoms in total. The zero-order valence-electron chi connectivity index (χ0n) is 4.40. The lowest BCUT2D eigenvalue weighted by Gasteiger charge is -1.82. The lowest BCUT2D eigenvalue weighted by Crippen LogP contribution is -1.66. The van der Waals surface area contributed by atoms with Gasteiger partial charge in [0.25, 0.3) is 0 Å². The Labute approximate surface area is 50.9 Å². The molecule has 0 aromatic heterocycles. The summed E-state index contributed by atoms with van der Waals surface area (Å²) in [6, 6.07) is 0. The molecule has 0 aliphatic heterocycles. The minimum absolute atomic E-state index is 0. The van der Waals surface area contributed by atoms with Crippen molar-refractivity contribution in [1.29, 1.82) is 0 Å². The fourth-order valence-electron chi connectivity index (χ4n) is 0. The molecule has 0 bridgehead atoms. The molecule has 12 N–H and O–H groups in total. The second-order valence-electron chi connectivity index (χ2n) is 0.513. The predicted molar refractivity (Wildman–Crippen MR) is 30.1 cm³/mol. The Bertz CT molecular complexity index is 55.1. The van der Waals surface area contributed by atoms with E-state index in [1.165, 1.54) is 0 Å². The molecular formula is H12NO7P. The summed E-state index contributed by atoms with van der Waals surface area (Å²) in [6.07, 6.45) is 0. The van der Waals surface area contributed by atoms with Crippen LogP contribution in [0.4, 0.5) is 0 Å². The topological polar surface area (TPSA) is 207 Å². The summed E-state index contributed by atoms with van der Waals surface area (Å²) in [7, 11) is -4.64. The van der Waals surface area contributed by atoms with Crippen LogP contribution in [0.3, 0.4) is 0 Å². The molecule has 0 spiro atoms. The van der Waals surface area contributed by atoms with Gasteiger partial charge in [0.15, 0.2) is 0 Å². The maximum atomic E-state index is 8.88. The molecule has 0 unspecified atom stereocenters. The molecule has 0 aliphatic carbocycles. The minimum atomic E-state index is -4.64. The van der Waals surface area contributed by atoms with Crippen molar-refractivity contribution >= 4 is 7.82 Å². The van der Waals surface area contributed by atoms with Crippen molar-refractivity contribution in [2.45, 2.75) is 0 Å². The lowest BCUT2D eigenvalue weighted by atomic mass is 14.0. The second-order valence-corrected chi connectivity index (χ2v) is 1.54. The van der Waals surface area contributed by atoms with E-state index in [4.69, 9.17) is 19.2 Å². The highest BCUT2D eigenvalue weighted by Gasteiger charge is 2.00. The van der Waals surface area contributed by atoms with E-state index in [0.29, 0.717) is 0 Å². The molecule has 0 atom stereocenters. The van der Waals surface area contributed by atoms with Gasteiger partial charge in [-0.15, -0.1) is 0 Å². The van der Waals surface area contributed by atoms with E-state index >= 15 is 0 Å². The molecule has 9 heavy (non-hydrogen) atoms. The maximum absolute atomic E-state index is 8.88. The van der Waals surface area contributed by atoms with Gasteiger partial charge >= 0.3 is 7.82 Å². The number of rotatable bonds is 0. The molecule has 0 fully saturated rings. The molecule has 64 valence electrons. The number of phosphoric acid groups is 1. The molecule has 0 saturated heterocycles. The molecule has 0 saturated carbocycles. The first-order valence-electron chi connectivity index (χ1n) is 0.783. The van der Waals surface area contributed by atoms with Crippen LogP contribution in [-0.2, 0) is 4.57 Å². The van der Waals surface area contributed by atoms with Crippen LogP contribution in [0.25, 0.3) is 0 Å². The van der Waals surface area contributed by atoms with Crippen LogP contribution in [-0.4, -0.2) is 31.1 Å². The van der Waals surface area contributed by atoms with Crippen LogP contribution in [0.1, 0.15) is 0 Å². The van der Waals surface area contributed by atoms with Crippen LogP contribution in [0.5, 0.6) is 0 Å². The third-order valence-corrected chi connectivity index (χ3v) is 0. The average molecular weight is 169 g/mol. The normalized spacial score (nSPS) is 6.56. The zero-order valence-corrected chi connectivity index (χ0v) is 5.30. The Balaban J connectivity index is -0.0000000133. The van der Waals surface area contributed by atoms with E-state index in [1.54, 1.807) is 0 Å². The maximum Gasteiger partial charge on any atom is 0.466 e. The first-order valence-corrected chi connectivity index (χ1v) is 2.35. The Kier molecular flexibility index (Phi) is 43.7. The zero-order chi connectivity index (χ0) is 4.50. The van der Waals surface area contributed by atoms with E-state index in [2.05, 4.69) is 0 Å². The summed E-state index contributed by atoms with van der Waals surface area (Å²) in [5, 5.41) is 0. The van der Waals surface area contributed by atoms with Gasteiger partial charge in [0.05, 0.1) is 0 Å². The Morgan fingerprint density at radius 3 is 0.889 bits per heavy atom. The highest BCUT2D eigenvalue weighted by Crippen LogP contribution is 2.25. The third kappa shape index (κ3) is 113000. The predicted octanol–water partition coefficient (Wildman–Crippen LogP) is -3.24. The van der Waals surface area contributed by atoms with Gasteiger partial charge in [-0.05, 0) is 0 Å². The highest BCUT2D eigenvalue weighted by atomic mass is 31.2. The fraction of sp³-hybridized carbons (Fsp3) is 0. The van der Waals surface area contributed by atoms with Gasteiger partial charge in [-0.1, -0.05) is 0 Å². The van der Waals surface area contributed by atoms with Gasteiger partial charge < -0.3 is 37.3 Å². The molecule has 9 heteroatoms. The van der Waals surface area contributed by atoms with Crippen LogP contribution < -0.4 is 6.15 Å². The summed E-state index contributed by atoms with van der Waals surface area (Å²) in [5.74, 6) is 0. The van der Waals surface area contributed by atoms with Gasteiger partial charge in [-0.3, -0.25) is 0 Å².